The van der Waals surface area contributed by atoms with Gasteiger partial charge >= 0.3 is 12.2 Å². The average molecular weight is 433 g/mol. The number of urea groups is 1. The van der Waals surface area contributed by atoms with Crippen molar-refractivity contribution in [1.82, 2.24) is 20.4 Å². The number of imide groups is 1. The van der Waals surface area contributed by atoms with Gasteiger partial charge in [-0.1, -0.05) is 12.1 Å². The minimum Gasteiger partial charge on any atom is -0.348 e. The lowest BCUT2D eigenvalue weighted by molar-refractivity contribution is -0.138. The number of halogens is 3. The van der Waals surface area contributed by atoms with Crippen LogP contribution >= 0.6 is 0 Å². The van der Waals surface area contributed by atoms with Crippen molar-refractivity contribution in [2.45, 2.75) is 31.5 Å². The molecule has 2 aliphatic rings. The third-order valence-electron chi connectivity index (χ3n) is 5.01. The second-order valence-corrected chi connectivity index (χ2v) is 7.31. The maximum absolute atomic E-state index is 13.3. The van der Waals surface area contributed by atoms with Crippen LogP contribution in [-0.4, -0.2) is 52.1 Å². The molecule has 31 heavy (non-hydrogen) atoms. The summed E-state index contributed by atoms with van der Waals surface area (Å²) in [6.07, 6.45) is -2.55. The molecule has 1 aromatic heterocycles. The lowest BCUT2D eigenvalue weighted by atomic mass is 10.1. The number of hydrogen-bond acceptors (Lipinski definition) is 5. The highest BCUT2D eigenvalue weighted by atomic mass is 19.4. The summed E-state index contributed by atoms with van der Waals surface area (Å²) < 4.78 is 39.9. The van der Waals surface area contributed by atoms with E-state index >= 15 is 0 Å². The van der Waals surface area contributed by atoms with Crippen LogP contribution in [0.25, 0.3) is 0 Å². The summed E-state index contributed by atoms with van der Waals surface area (Å²) >= 11 is 0. The van der Waals surface area contributed by atoms with Gasteiger partial charge < -0.3 is 5.32 Å². The predicted molar refractivity (Wildman–Crippen MR) is 102 cm³/mol. The molecule has 2 heterocycles. The summed E-state index contributed by atoms with van der Waals surface area (Å²) in [5, 5.41) is 10.5. The van der Waals surface area contributed by atoms with Gasteiger partial charge in [-0.15, -0.1) is 10.2 Å². The topological polar surface area (TPSA) is 95.5 Å². The number of aromatic nitrogens is 2. The number of rotatable bonds is 4. The second kappa shape index (κ2) is 7.97. The van der Waals surface area contributed by atoms with Gasteiger partial charge in [-0.3, -0.25) is 19.4 Å². The van der Waals surface area contributed by atoms with Crippen LogP contribution in [0.2, 0.25) is 0 Å². The Morgan fingerprint density at radius 3 is 2.42 bits per heavy atom. The number of alkyl halides is 3. The third kappa shape index (κ3) is 4.35. The van der Waals surface area contributed by atoms with Crippen molar-refractivity contribution in [3.05, 3.63) is 53.2 Å². The van der Waals surface area contributed by atoms with Crippen molar-refractivity contribution in [3.63, 3.8) is 0 Å². The molecule has 4 amide bonds. The zero-order valence-corrected chi connectivity index (χ0v) is 16.2. The first-order chi connectivity index (χ1) is 14.8. The number of nitrogens with zero attached hydrogens (tertiary/aromatic N) is 4. The molecule has 0 spiro atoms. The molecular formula is C20H18F3N5O3. The molecule has 0 radical (unpaired) electrons. The van der Waals surface area contributed by atoms with Gasteiger partial charge in [-0.25, -0.2) is 4.79 Å². The van der Waals surface area contributed by atoms with Crippen molar-refractivity contribution >= 4 is 23.7 Å². The summed E-state index contributed by atoms with van der Waals surface area (Å²) in [6, 6.07) is 6.53. The summed E-state index contributed by atoms with van der Waals surface area (Å²) in [6.45, 7) is 0.196. The number of hydrogen-bond donors (Lipinski definition) is 1. The van der Waals surface area contributed by atoms with Crippen LogP contribution in [-0.2, 0) is 6.18 Å². The lowest BCUT2D eigenvalue weighted by Crippen LogP contribution is -2.52. The largest absolute Gasteiger partial charge is 0.417 e. The van der Waals surface area contributed by atoms with E-state index in [2.05, 4.69) is 15.5 Å². The summed E-state index contributed by atoms with van der Waals surface area (Å²) in [5.41, 5.74) is -1.61. The number of anilines is 1. The molecular weight excluding hydrogens is 415 g/mol. The van der Waals surface area contributed by atoms with Crippen molar-refractivity contribution < 1.29 is 27.6 Å². The fourth-order valence-corrected chi connectivity index (χ4v) is 3.26. The zero-order valence-electron chi connectivity index (χ0n) is 16.2. The van der Waals surface area contributed by atoms with Crippen LogP contribution in [0.4, 0.5) is 23.8 Å². The Hall–Kier alpha value is -3.50. The van der Waals surface area contributed by atoms with E-state index in [-0.39, 0.29) is 36.6 Å². The van der Waals surface area contributed by atoms with E-state index in [0.717, 1.165) is 34.8 Å². The molecule has 2 fully saturated rings. The number of nitrogens with one attached hydrogen (secondary N) is 1. The first kappa shape index (κ1) is 20.8. The Balaban J connectivity index is 1.53. The molecule has 1 aliphatic carbocycles. The number of carbonyl (C=O) groups is 3. The van der Waals surface area contributed by atoms with Crippen LogP contribution in [0.3, 0.4) is 0 Å². The first-order valence-electron chi connectivity index (χ1n) is 9.70. The van der Waals surface area contributed by atoms with Gasteiger partial charge in [0.15, 0.2) is 11.5 Å². The van der Waals surface area contributed by atoms with Crippen molar-refractivity contribution in [2.75, 3.05) is 18.0 Å². The van der Waals surface area contributed by atoms with Gasteiger partial charge in [0.1, 0.15) is 0 Å². The van der Waals surface area contributed by atoms with Gasteiger partial charge in [0.25, 0.3) is 11.8 Å². The molecule has 2 aromatic rings. The number of amides is 4. The highest BCUT2D eigenvalue weighted by molar-refractivity contribution is 6.09. The monoisotopic (exact) mass is 433 g/mol. The van der Waals surface area contributed by atoms with Crippen LogP contribution in [0, 0.1) is 0 Å². The van der Waals surface area contributed by atoms with Gasteiger partial charge in [0, 0.05) is 19.1 Å². The van der Waals surface area contributed by atoms with Crippen LogP contribution in [0.15, 0.2) is 36.4 Å². The molecule has 1 N–H and O–H groups in total. The zero-order chi connectivity index (χ0) is 22.2. The fraction of sp³-hybridized carbons (Fsp3) is 0.350. The molecule has 1 saturated carbocycles. The SMILES string of the molecule is O=C(NC1CC1)c1ccc(N2CCCN(C(=O)c3ccccc3C(F)(F)F)C2=O)nn1. The van der Waals surface area contributed by atoms with Gasteiger partial charge in [-0.2, -0.15) is 13.2 Å². The van der Waals surface area contributed by atoms with E-state index in [1.54, 1.807) is 0 Å². The molecule has 8 nitrogen and oxygen atoms in total. The van der Waals surface area contributed by atoms with E-state index < -0.39 is 29.2 Å². The highest BCUT2D eigenvalue weighted by Gasteiger charge is 2.39. The van der Waals surface area contributed by atoms with Crippen LogP contribution < -0.4 is 10.2 Å². The summed E-state index contributed by atoms with van der Waals surface area (Å²) in [4.78, 5) is 39.6. The van der Waals surface area contributed by atoms with E-state index in [4.69, 9.17) is 0 Å². The van der Waals surface area contributed by atoms with Crippen LogP contribution in [0.5, 0.6) is 0 Å². The molecule has 11 heteroatoms. The van der Waals surface area contributed by atoms with Crippen molar-refractivity contribution in [1.29, 1.82) is 0 Å². The Kier molecular flexibility index (Phi) is 5.34. The molecule has 0 unspecified atom stereocenters. The molecule has 1 saturated heterocycles. The second-order valence-electron chi connectivity index (χ2n) is 7.31. The summed E-state index contributed by atoms with van der Waals surface area (Å²) in [5.74, 6) is -1.29. The predicted octanol–water partition coefficient (Wildman–Crippen LogP) is 2.86. The Labute approximate surface area is 175 Å². The molecule has 162 valence electrons. The molecule has 0 atom stereocenters. The minimum atomic E-state index is -4.73. The first-order valence-corrected chi connectivity index (χ1v) is 9.70. The number of benzene rings is 1. The lowest BCUT2D eigenvalue weighted by Gasteiger charge is -2.33. The third-order valence-corrected chi connectivity index (χ3v) is 5.01. The molecule has 1 aliphatic heterocycles. The van der Waals surface area contributed by atoms with Crippen LogP contribution in [0.1, 0.15) is 45.7 Å². The molecule has 0 bridgehead atoms. The normalized spacial score (nSPS) is 16.9. The van der Waals surface area contributed by atoms with Crippen molar-refractivity contribution in [2.24, 2.45) is 0 Å². The maximum Gasteiger partial charge on any atom is 0.417 e. The highest BCUT2D eigenvalue weighted by Crippen LogP contribution is 2.33. The van der Waals surface area contributed by atoms with Gasteiger partial charge in [0.2, 0.25) is 0 Å². The van der Waals surface area contributed by atoms with Crippen molar-refractivity contribution in [3.8, 4) is 0 Å². The average Bonchev–Trinajstić information content (AvgIpc) is 3.57. The van der Waals surface area contributed by atoms with E-state index in [0.29, 0.717) is 6.42 Å². The summed E-state index contributed by atoms with van der Waals surface area (Å²) in [7, 11) is 0. The Morgan fingerprint density at radius 2 is 1.77 bits per heavy atom. The van der Waals surface area contributed by atoms with E-state index in [1.165, 1.54) is 24.3 Å². The fourth-order valence-electron chi connectivity index (χ4n) is 3.26. The Morgan fingerprint density at radius 1 is 1.03 bits per heavy atom. The minimum absolute atomic E-state index is 0.0182. The molecule has 1 aromatic carbocycles. The Bertz CT molecular complexity index is 1020. The standard InChI is InChI=1S/C20H18F3N5O3/c21-20(22,23)14-5-2-1-4-13(14)18(30)28-11-3-10-27(19(28)31)16-9-8-15(25-26-16)17(29)24-12-6-7-12/h1-2,4-5,8-9,12H,3,6-7,10-11H2,(H,24,29). The quantitative estimate of drug-likeness (QED) is 0.800. The van der Waals surface area contributed by atoms with Gasteiger partial charge in [-0.05, 0) is 43.5 Å². The van der Waals surface area contributed by atoms with E-state index in [1.807, 2.05) is 0 Å². The smallest absolute Gasteiger partial charge is 0.348 e. The number of carbonyl (C=O) groups excluding carboxylic acids is 3. The van der Waals surface area contributed by atoms with E-state index in [9.17, 15) is 27.6 Å². The van der Waals surface area contributed by atoms with Gasteiger partial charge in [0.05, 0.1) is 11.1 Å². The maximum atomic E-state index is 13.3. The molecule has 4 rings (SSSR count).